The highest BCUT2D eigenvalue weighted by Gasteiger charge is 2.20. The fraction of sp³-hybridized carbons (Fsp3) is 0.381. The van der Waals surface area contributed by atoms with Gasteiger partial charge in [0.2, 0.25) is 0 Å². The molecule has 0 heterocycles. The molecule has 0 aliphatic rings. The molecule has 0 aliphatic heterocycles. The summed E-state index contributed by atoms with van der Waals surface area (Å²) in [7, 11) is 0. The molecule has 0 saturated carbocycles. The summed E-state index contributed by atoms with van der Waals surface area (Å²) in [5, 5.41) is 23.0. The fourth-order valence-corrected chi connectivity index (χ4v) is 2.68. The van der Waals surface area contributed by atoms with E-state index in [1.165, 1.54) is 0 Å². The van der Waals surface area contributed by atoms with Gasteiger partial charge < -0.3 is 20.3 Å². The first-order valence-electron chi connectivity index (χ1n) is 8.81. The van der Waals surface area contributed by atoms with Gasteiger partial charge in [-0.15, -0.1) is 0 Å². The Morgan fingerprint density at radius 1 is 1.19 bits per heavy atom. The normalized spacial score (nSPS) is 12.6. The van der Waals surface area contributed by atoms with Gasteiger partial charge in [-0.25, -0.2) is 0 Å². The van der Waals surface area contributed by atoms with Crippen molar-refractivity contribution in [1.29, 1.82) is 0 Å². The Morgan fingerprint density at radius 2 is 1.88 bits per heavy atom. The maximum atomic E-state index is 11.4. The summed E-state index contributed by atoms with van der Waals surface area (Å²) in [6.07, 6.45) is 0.394. The Balaban J connectivity index is 1.94. The maximum Gasteiger partial charge on any atom is 0.310 e. The molecule has 0 saturated heterocycles. The Hall–Kier alpha value is -2.37. The Bertz CT molecular complexity index is 725. The molecule has 140 valence electrons. The van der Waals surface area contributed by atoms with Gasteiger partial charge in [0.1, 0.15) is 11.5 Å². The molecular formula is C21H27NO4. The average molecular weight is 357 g/mol. The highest BCUT2D eigenvalue weighted by molar-refractivity contribution is 5.71. The Kier molecular flexibility index (Phi) is 6.77. The Labute approximate surface area is 154 Å². The quantitative estimate of drug-likeness (QED) is 0.499. The monoisotopic (exact) mass is 357 g/mol. The van der Waals surface area contributed by atoms with Crippen LogP contribution in [0.4, 0.5) is 0 Å². The van der Waals surface area contributed by atoms with Gasteiger partial charge in [0.15, 0.2) is 0 Å². The van der Waals surface area contributed by atoms with E-state index in [0.29, 0.717) is 25.1 Å². The number of ether oxygens (including phenoxy) is 1. The first-order chi connectivity index (χ1) is 12.3. The van der Waals surface area contributed by atoms with E-state index in [-0.39, 0.29) is 17.3 Å². The highest BCUT2D eigenvalue weighted by atomic mass is 16.5. The number of carbonyl (C=O) groups excluding carboxylic acids is 1. The second-order valence-electron chi connectivity index (χ2n) is 7.02. The van der Waals surface area contributed by atoms with E-state index >= 15 is 0 Å². The van der Waals surface area contributed by atoms with Crippen LogP contribution in [0.15, 0.2) is 48.5 Å². The number of phenols is 1. The van der Waals surface area contributed by atoms with Crippen LogP contribution in [0.2, 0.25) is 0 Å². The van der Waals surface area contributed by atoms with Crippen LogP contribution < -0.4 is 10.1 Å². The number of hydrogen-bond acceptors (Lipinski definition) is 5. The van der Waals surface area contributed by atoms with Crippen molar-refractivity contribution in [3.63, 3.8) is 0 Å². The van der Waals surface area contributed by atoms with Crippen LogP contribution in [0.25, 0.3) is 0 Å². The molecule has 5 nitrogen and oxygen atoms in total. The number of carbonyl (C=O) groups is 1. The standard InChI is InChI=1S/C21H27NO4/c1-4-20(25)26-18-7-5-6-15(12-18)13-21(2,3)22-14-19(24)16-8-10-17(23)11-9-16/h5-12,19,22-24H,4,13-14H2,1-3H3. The number of aromatic hydroxyl groups is 1. The molecule has 5 heteroatoms. The van der Waals surface area contributed by atoms with Crippen LogP contribution in [0.5, 0.6) is 11.5 Å². The molecule has 0 fully saturated rings. The van der Waals surface area contributed by atoms with Gasteiger partial charge in [0.25, 0.3) is 0 Å². The third-order valence-electron chi connectivity index (χ3n) is 4.12. The molecule has 2 aromatic carbocycles. The minimum atomic E-state index is -0.660. The van der Waals surface area contributed by atoms with E-state index in [1.54, 1.807) is 37.3 Å². The molecule has 0 radical (unpaired) electrons. The third kappa shape index (κ3) is 6.17. The van der Waals surface area contributed by atoms with Crippen molar-refractivity contribution in [2.45, 2.75) is 45.3 Å². The summed E-state index contributed by atoms with van der Waals surface area (Å²) in [6, 6.07) is 14.0. The molecule has 1 unspecified atom stereocenters. The van der Waals surface area contributed by atoms with Crippen molar-refractivity contribution >= 4 is 5.97 Å². The fourth-order valence-electron chi connectivity index (χ4n) is 2.68. The van der Waals surface area contributed by atoms with Crippen LogP contribution in [-0.2, 0) is 11.2 Å². The van der Waals surface area contributed by atoms with Crippen LogP contribution in [0.1, 0.15) is 44.4 Å². The van der Waals surface area contributed by atoms with Gasteiger partial charge in [0, 0.05) is 18.5 Å². The van der Waals surface area contributed by atoms with E-state index in [4.69, 9.17) is 4.74 Å². The second kappa shape index (κ2) is 8.83. The first-order valence-corrected chi connectivity index (χ1v) is 8.81. The van der Waals surface area contributed by atoms with Crippen molar-refractivity contribution in [3.05, 3.63) is 59.7 Å². The number of rotatable bonds is 8. The summed E-state index contributed by atoms with van der Waals surface area (Å²) in [4.78, 5) is 11.4. The largest absolute Gasteiger partial charge is 0.508 e. The average Bonchev–Trinajstić information content (AvgIpc) is 2.60. The minimum absolute atomic E-state index is 0.179. The van der Waals surface area contributed by atoms with Crippen molar-refractivity contribution in [2.24, 2.45) is 0 Å². The molecule has 0 aliphatic carbocycles. The molecule has 3 N–H and O–H groups in total. The van der Waals surface area contributed by atoms with E-state index in [1.807, 2.05) is 18.2 Å². The van der Waals surface area contributed by atoms with E-state index < -0.39 is 6.10 Å². The summed E-state index contributed by atoms with van der Waals surface area (Å²) >= 11 is 0. The van der Waals surface area contributed by atoms with Gasteiger partial charge >= 0.3 is 5.97 Å². The number of β-amino-alcohol motifs (C(OH)–C–C–N with tert-alkyl or cyclic N) is 1. The highest BCUT2D eigenvalue weighted by Crippen LogP contribution is 2.21. The number of esters is 1. The summed E-state index contributed by atoms with van der Waals surface area (Å²) in [5.41, 5.74) is 1.54. The number of benzene rings is 2. The van der Waals surface area contributed by atoms with Crippen LogP contribution in [0, 0.1) is 0 Å². The molecule has 2 aromatic rings. The predicted molar refractivity (Wildman–Crippen MR) is 101 cm³/mol. The second-order valence-corrected chi connectivity index (χ2v) is 7.02. The zero-order valence-corrected chi connectivity index (χ0v) is 15.5. The lowest BCUT2D eigenvalue weighted by Crippen LogP contribution is -2.43. The minimum Gasteiger partial charge on any atom is -0.508 e. The molecule has 26 heavy (non-hydrogen) atoms. The molecule has 0 spiro atoms. The molecule has 0 bridgehead atoms. The number of phenolic OH excluding ortho intramolecular Hbond substituents is 1. The smallest absolute Gasteiger partial charge is 0.310 e. The number of hydrogen-bond donors (Lipinski definition) is 3. The summed E-state index contributed by atoms with van der Waals surface area (Å²) < 4.78 is 5.26. The number of aliphatic hydroxyl groups is 1. The molecule has 2 rings (SSSR count). The number of aliphatic hydroxyl groups excluding tert-OH is 1. The lowest BCUT2D eigenvalue weighted by molar-refractivity contribution is -0.134. The first kappa shape index (κ1) is 19.9. The molecular weight excluding hydrogens is 330 g/mol. The summed E-state index contributed by atoms with van der Waals surface area (Å²) in [5.74, 6) is 0.476. The van der Waals surface area contributed by atoms with Gasteiger partial charge in [-0.05, 0) is 55.7 Å². The van der Waals surface area contributed by atoms with Crippen LogP contribution in [-0.4, -0.2) is 28.3 Å². The zero-order valence-electron chi connectivity index (χ0n) is 15.5. The molecule has 0 aromatic heterocycles. The van der Waals surface area contributed by atoms with Crippen molar-refractivity contribution in [3.8, 4) is 11.5 Å². The van der Waals surface area contributed by atoms with Crippen molar-refractivity contribution in [2.75, 3.05) is 6.54 Å². The van der Waals surface area contributed by atoms with Gasteiger partial charge in [-0.1, -0.05) is 31.2 Å². The van der Waals surface area contributed by atoms with E-state index in [0.717, 1.165) is 11.1 Å². The maximum absolute atomic E-state index is 11.4. The molecule has 0 amide bonds. The van der Waals surface area contributed by atoms with Crippen LogP contribution >= 0.6 is 0 Å². The summed E-state index contributed by atoms with van der Waals surface area (Å²) in [6.45, 7) is 6.27. The lowest BCUT2D eigenvalue weighted by atomic mass is 9.94. The molecule has 1 atom stereocenters. The topological polar surface area (TPSA) is 78.8 Å². The van der Waals surface area contributed by atoms with Gasteiger partial charge in [0.05, 0.1) is 6.10 Å². The lowest BCUT2D eigenvalue weighted by Gasteiger charge is -2.28. The SMILES string of the molecule is CCC(=O)Oc1cccc(CC(C)(C)NCC(O)c2ccc(O)cc2)c1. The van der Waals surface area contributed by atoms with Crippen molar-refractivity contribution in [1.82, 2.24) is 5.32 Å². The van der Waals surface area contributed by atoms with Gasteiger partial charge in [-0.2, -0.15) is 0 Å². The third-order valence-corrected chi connectivity index (χ3v) is 4.12. The van der Waals surface area contributed by atoms with E-state index in [2.05, 4.69) is 19.2 Å². The number of nitrogens with one attached hydrogen (secondary N) is 1. The Morgan fingerprint density at radius 3 is 2.54 bits per heavy atom. The predicted octanol–water partition coefficient (Wildman–Crippen LogP) is 3.35. The zero-order chi connectivity index (χ0) is 19.2. The van der Waals surface area contributed by atoms with E-state index in [9.17, 15) is 15.0 Å². The van der Waals surface area contributed by atoms with Gasteiger partial charge in [-0.3, -0.25) is 4.79 Å². The van der Waals surface area contributed by atoms with Crippen LogP contribution in [0.3, 0.4) is 0 Å². The van der Waals surface area contributed by atoms with Crippen molar-refractivity contribution < 1.29 is 19.7 Å².